The lowest BCUT2D eigenvalue weighted by Crippen LogP contribution is -2.20. The SMILES string of the molecule is COc1ccccc1NC(=O)Nc1ccc(C)cc1Br. The van der Waals surface area contributed by atoms with Crippen LogP contribution < -0.4 is 15.4 Å². The number of anilines is 2. The molecule has 0 fully saturated rings. The van der Waals surface area contributed by atoms with Crippen molar-refractivity contribution in [2.45, 2.75) is 6.92 Å². The van der Waals surface area contributed by atoms with Crippen molar-refractivity contribution in [1.82, 2.24) is 0 Å². The number of benzene rings is 2. The summed E-state index contributed by atoms with van der Waals surface area (Å²) in [4.78, 5) is 12.0. The van der Waals surface area contributed by atoms with Gasteiger partial charge in [0.05, 0.1) is 18.5 Å². The minimum atomic E-state index is -0.320. The Labute approximate surface area is 126 Å². The smallest absolute Gasteiger partial charge is 0.323 e. The van der Waals surface area contributed by atoms with Gasteiger partial charge < -0.3 is 15.4 Å². The number of ether oxygens (including phenoxy) is 1. The minimum absolute atomic E-state index is 0.320. The van der Waals surface area contributed by atoms with Gasteiger partial charge in [-0.3, -0.25) is 0 Å². The van der Waals surface area contributed by atoms with Gasteiger partial charge in [-0.2, -0.15) is 0 Å². The maximum Gasteiger partial charge on any atom is 0.323 e. The number of nitrogens with one attached hydrogen (secondary N) is 2. The second kappa shape index (κ2) is 6.43. The summed E-state index contributed by atoms with van der Waals surface area (Å²) in [5, 5.41) is 5.54. The van der Waals surface area contributed by atoms with E-state index in [1.54, 1.807) is 19.2 Å². The number of carbonyl (C=O) groups excluding carboxylic acids is 1. The lowest BCUT2D eigenvalue weighted by Gasteiger charge is -2.12. The highest BCUT2D eigenvalue weighted by molar-refractivity contribution is 9.10. The van der Waals surface area contributed by atoms with Crippen molar-refractivity contribution < 1.29 is 9.53 Å². The molecule has 0 atom stereocenters. The van der Waals surface area contributed by atoms with E-state index in [1.165, 1.54) is 0 Å². The summed E-state index contributed by atoms with van der Waals surface area (Å²) in [6, 6.07) is 12.7. The van der Waals surface area contributed by atoms with Crippen molar-refractivity contribution in [3.8, 4) is 5.75 Å². The Bertz CT molecular complexity index is 629. The van der Waals surface area contributed by atoms with Crippen LogP contribution in [0.4, 0.5) is 16.2 Å². The zero-order valence-corrected chi connectivity index (χ0v) is 12.8. The third kappa shape index (κ3) is 3.51. The molecule has 2 aromatic rings. The monoisotopic (exact) mass is 334 g/mol. The maximum atomic E-state index is 12.0. The highest BCUT2D eigenvalue weighted by atomic mass is 79.9. The van der Waals surface area contributed by atoms with E-state index in [0.29, 0.717) is 17.1 Å². The van der Waals surface area contributed by atoms with Gasteiger partial charge in [0.25, 0.3) is 0 Å². The number of halogens is 1. The molecule has 0 radical (unpaired) electrons. The molecule has 2 rings (SSSR count). The molecule has 0 heterocycles. The lowest BCUT2D eigenvalue weighted by molar-refractivity contribution is 0.262. The Kier molecular flexibility index (Phi) is 4.63. The van der Waals surface area contributed by atoms with Crippen LogP contribution in [0, 0.1) is 6.92 Å². The quantitative estimate of drug-likeness (QED) is 0.873. The molecule has 2 amide bonds. The Hall–Kier alpha value is -2.01. The van der Waals surface area contributed by atoms with E-state index in [9.17, 15) is 4.79 Å². The fourth-order valence-electron chi connectivity index (χ4n) is 1.75. The largest absolute Gasteiger partial charge is 0.495 e. The van der Waals surface area contributed by atoms with Gasteiger partial charge in [-0.05, 0) is 52.7 Å². The summed E-state index contributed by atoms with van der Waals surface area (Å²) >= 11 is 3.42. The van der Waals surface area contributed by atoms with Crippen LogP contribution in [-0.4, -0.2) is 13.1 Å². The lowest BCUT2D eigenvalue weighted by atomic mass is 10.2. The van der Waals surface area contributed by atoms with E-state index < -0.39 is 0 Å². The molecule has 0 unspecified atom stereocenters. The predicted octanol–water partition coefficient (Wildman–Crippen LogP) is 4.41. The molecule has 0 aliphatic rings. The molecule has 0 aromatic heterocycles. The third-order valence-corrected chi connectivity index (χ3v) is 3.38. The van der Waals surface area contributed by atoms with Crippen LogP contribution in [0.25, 0.3) is 0 Å². The molecule has 0 saturated carbocycles. The third-order valence-electron chi connectivity index (χ3n) is 2.73. The van der Waals surface area contributed by atoms with Crippen LogP contribution in [0.3, 0.4) is 0 Å². The van der Waals surface area contributed by atoms with Gasteiger partial charge in [0.1, 0.15) is 5.75 Å². The van der Waals surface area contributed by atoms with Crippen LogP contribution in [0.1, 0.15) is 5.56 Å². The molecule has 0 spiro atoms. The first-order chi connectivity index (χ1) is 9.60. The van der Waals surface area contributed by atoms with Gasteiger partial charge in [-0.1, -0.05) is 18.2 Å². The van der Waals surface area contributed by atoms with Crippen LogP contribution in [-0.2, 0) is 0 Å². The zero-order valence-electron chi connectivity index (χ0n) is 11.2. The maximum absolute atomic E-state index is 12.0. The molecular weight excluding hydrogens is 320 g/mol. The summed E-state index contributed by atoms with van der Waals surface area (Å²) in [5.41, 5.74) is 2.45. The molecule has 0 saturated heterocycles. The molecule has 2 aromatic carbocycles. The topological polar surface area (TPSA) is 50.4 Å². The van der Waals surface area contributed by atoms with Crippen molar-refractivity contribution in [3.05, 3.63) is 52.5 Å². The fraction of sp³-hybridized carbons (Fsp3) is 0.133. The van der Waals surface area contributed by atoms with Crippen LogP contribution in [0.2, 0.25) is 0 Å². The van der Waals surface area contributed by atoms with Crippen molar-refractivity contribution in [2.24, 2.45) is 0 Å². The molecule has 104 valence electrons. The number of hydrogen-bond acceptors (Lipinski definition) is 2. The van der Waals surface area contributed by atoms with Crippen molar-refractivity contribution in [3.63, 3.8) is 0 Å². The summed E-state index contributed by atoms with van der Waals surface area (Å²) in [6.45, 7) is 1.99. The van der Waals surface area contributed by atoms with Gasteiger partial charge in [-0.15, -0.1) is 0 Å². The summed E-state index contributed by atoms with van der Waals surface area (Å²) in [5.74, 6) is 0.616. The zero-order chi connectivity index (χ0) is 14.5. The highest BCUT2D eigenvalue weighted by Crippen LogP contribution is 2.25. The number of amides is 2. The molecule has 2 N–H and O–H groups in total. The molecule has 0 aliphatic carbocycles. The van der Waals surface area contributed by atoms with Crippen molar-refractivity contribution in [1.29, 1.82) is 0 Å². The Morgan fingerprint density at radius 1 is 1.10 bits per heavy atom. The number of aryl methyl sites for hydroxylation is 1. The summed E-state index contributed by atoms with van der Waals surface area (Å²) < 4.78 is 6.02. The first kappa shape index (κ1) is 14.4. The predicted molar refractivity (Wildman–Crippen MR) is 84.5 cm³/mol. The Balaban J connectivity index is 2.09. The highest BCUT2D eigenvalue weighted by Gasteiger charge is 2.08. The Morgan fingerprint density at radius 2 is 1.80 bits per heavy atom. The van der Waals surface area contributed by atoms with E-state index in [1.807, 2.05) is 37.3 Å². The molecule has 0 aliphatic heterocycles. The van der Waals surface area contributed by atoms with Gasteiger partial charge >= 0.3 is 6.03 Å². The number of methoxy groups -OCH3 is 1. The molecule has 20 heavy (non-hydrogen) atoms. The van der Waals surface area contributed by atoms with Gasteiger partial charge in [0.15, 0.2) is 0 Å². The summed E-state index contributed by atoms with van der Waals surface area (Å²) in [7, 11) is 1.56. The number of hydrogen-bond donors (Lipinski definition) is 2. The van der Waals surface area contributed by atoms with E-state index in [-0.39, 0.29) is 6.03 Å². The molecule has 5 heteroatoms. The number of rotatable bonds is 3. The first-order valence-corrected chi connectivity index (χ1v) is 6.86. The van der Waals surface area contributed by atoms with E-state index in [0.717, 1.165) is 10.0 Å². The number of para-hydroxylation sites is 2. The number of carbonyl (C=O) groups is 1. The van der Waals surface area contributed by atoms with E-state index >= 15 is 0 Å². The van der Waals surface area contributed by atoms with Crippen molar-refractivity contribution >= 4 is 33.3 Å². The second-order valence-electron chi connectivity index (χ2n) is 4.26. The van der Waals surface area contributed by atoms with Gasteiger partial charge in [-0.25, -0.2) is 4.79 Å². The average molecular weight is 335 g/mol. The molecular formula is C15H15BrN2O2. The minimum Gasteiger partial charge on any atom is -0.495 e. The standard InChI is InChI=1S/C15H15BrN2O2/c1-10-7-8-12(11(16)9-10)17-15(19)18-13-5-3-4-6-14(13)20-2/h3-9H,1-2H3,(H2,17,18,19). The normalized spacial score (nSPS) is 9.95. The van der Waals surface area contributed by atoms with Gasteiger partial charge in [0.2, 0.25) is 0 Å². The van der Waals surface area contributed by atoms with Crippen LogP contribution >= 0.6 is 15.9 Å². The van der Waals surface area contributed by atoms with Crippen LogP contribution in [0.5, 0.6) is 5.75 Å². The molecule has 0 bridgehead atoms. The van der Waals surface area contributed by atoms with E-state index in [2.05, 4.69) is 26.6 Å². The number of urea groups is 1. The summed E-state index contributed by atoms with van der Waals surface area (Å²) in [6.07, 6.45) is 0. The fourth-order valence-corrected chi connectivity index (χ4v) is 2.34. The average Bonchev–Trinajstić information content (AvgIpc) is 2.42. The first-order valence-electron chi connectivity index (χ1n) is 6.07. The second-order valence-corrected chi connectivity index (χ2v) is 5.12. The van der Waals surface area contributed by atoms with Crippen molar-refractivity contribution in [2.75, 3.05) is 17.7 Å². The van der Waals surface area contributed by atoms with Crippen LogP contribution in [0.15, 0.2) is 46.9 Å². The van der Waals surface area contributed by atoms with Gasteiger partial charge in [0, 0.05) is 4.47 Å². The van der Waals surface area contributed by atoms with E-state index in [4.69, 9.17) is 4.74 Å². The molecule has 4 nitrogen and oxygen atoms in total. The Morgan fingerprint density at radius 3 is 2.50 bits per heavy atom.